The van der Waals surface area contributed by atoms with Crippen LogP contribution < -0.4 is 18.7 Å². The average molecular weight is 637 g/mol. The molecule has 6 rings (SSSR count). The van der Waals surface area contributed by atoms with Gasteiger partial charge in [0.1, 0.15) is 21.7 Å². The second kappa shape index (κ2) is 13.1. The normalized spacial score (nSPS) is 15.6. The van der Waals surface area contributed by atoms with Gasteiger partial charge in [-0.3, -0.25) is 18.9 Å². The molecule has 0 saturated carbocycles. The smallest absolute Gasteiger partial charge is 0.264 e. The minimum Gasteiger partial charge on any atom is -0.495 e. The van der Waals surface area contributed by atoms with Crippen molar-refractivity contribution >= 4 is 48.3 Å². The lowest BCUT2D eigenvalue weighted by molar-refractivity contribution is 0.0376. The first-order valence-corrected chi connectivity index (χ1v) is 17.0. The monoisotopic (exact) mass is 636 g/mol. The Morgan fingerprint density at radius 1 is 0.977 bits per heavy atom. The van der Waals surface area contributed by atoms with Crippen LogP contribution in [0.2, 0.25) is 0 Å². The molecular formula is C32H36N4O6S2. The SMILES string of the molecule is COc1ccc(OC)c2sc(N(CCCN3CCOCC3)C(=O)c3ccc(S(=O)(=O)N4CCCc5ccccc54)cc3)nc12. The van der Waals surface area contributed by atoms with E-state index < -0.39 is 10.0 Å². The summed E-state index contributed by atoms with van der Waals surface area (Å²) >= 11 is 1.37. The molecule has 1 fully saturated rings. The zero-order valence-corrected chi connectivity index (χ0v) is 26.5. The van der Waals surface area contributed by atoms with E-state index in [0.29, 0.717) is 59.7 Å². The number of hydrogen-bond donors (Lipinski definition) is 0. The van der Waals surface area contributed by atoms with Crippen molar-refractivity contribution in [3.63, 3.8) is 0 Å². The zero-order chi connectivity index (χ0) is 30.7. The fourth-order valence-corrected chi connectivity index (χ4v) is 8.39. The Hall–Kier alpha value is -3.71. The molecule has 4 aromatic rings. The van der Waals surface area contributed by atoms with Gasteiger partial charge in [0.15, 0.2) is 5.13 Å². The van der Waals surface area contributed by atoms with Gasteiger partial charge in [-0.25, -0.2) is 13.4 Å². The predicted molar refractivity (Wildman–Crippen MR) is 172 cm³/mol. The van der Waals surface area contributed by atoms with Gasteiger partial charge in [0.05, 0.1) is 38.0 Å². The van der Waals surface area contributed by atoms with Crippen molar-refractivity contribution in [2.75, 3.05) is 69.4 Å². The summed E-state index contributed by atoms with van der Waals surface area (Å²) < 4.78 is 46.2. The lowest BCUT2D eigenvalue weighted by Crippen LogP contribution is -2.39. The summed E-state index contributed by atoms with van der Waals surface area (Å²) in [6.07, 6.45) is 2.33. The van der Waals surface area contributed by atoms with Crippen LogP contribution in [0.15, 0.2) is 65.6 Å². The molecule has 0 radical (unpaired) electrons. The molecule has 0 unspecified atom stereocenters. The van der Waals surface area contributed by atoms with Crippen molar-refractivity contribution in [3.8, 4) is 11.5 Å². The van der Waals surface area contributed by atoms with E-state index in [9.17, 15) is 13.2 Å². The van der Waals surface area contributed by atoms with Crippen molar-refractivity contribution in [3.05, 3.63) is 71.8 Å². The van der Waals surface area contributed by atoms with Crippen molar-refractivity contribution in [1.82, 2.24) is 9.88 Å². The highest BCUT2D eigenvalue weighted by molar-refractivity contribution is 7.92. The summed E-state index contributed by atoms with van der Waals surface area (Å²) in [6.45, 7) is 4.81. The number of para-hydroxylation sites is 1. The Morgan fingerprint density at radius 3 is 2.45 bits per heavy atom. The van der Waals surface area contributed by atoms with Crippen LogP contribution in [0, 0.1) is 0 Å². The fourth-order valence-electron chi connectivity index (χ4n) is 5.75. The first-order valence-electron chi connectivity index (χ1n) is 14.7. The molecule has 44 heavy (non-hydrogen) atoms. The van der Waals surface area contributed by atoms with Crippen molar-refractivity contribution in [1.29, 1.82) is 0 Å². The van der Waals surface area contributed by atoms with E-state index in [1.165, 1.54) is 27.8 Å². The van der Waals surface area contributed by atoms with Crippen LogP contribution in [0.25, 0.3) is 10.2 Å². The van der Waals surface area contributed by atoms with Gasteiger partial charge in [0.2, 0.25) is 0 Å². The number of carbonyl (C=O) groups is 1. The number of anilines is 2. The highest BCUT2D eigenvalue weighted by Crippen LogP contribution is 2.40. The maximum absolute atomic E-state index is 14.1. The predicted octanol–water partition coefficient (Wildman–Crippen LogP) is 4.82. The summed E-state index contributed by atoms with van der Waals surface area (Å²) in [4.78, 5) is 23.1. The molecule has 0 spiro atoms. The Balaban J connectivity index is 1.29. The first kappa shape index (κ1) is 30.3. The van der Waals surface area contributed by atoms with Gasteiger partial charge in [-0.05, 0) is 67.3 Å². The number of rotatable bonds is 10. The minimum absolute atomic E-state index is 0.152. The molecule has 232 valence electrons. The molecule has 0 atom stereocenters. The summed E-state index contributed by atoms with van der Waals surface area (Å²) in [7, 11) is -0.607. The summed E-state index contributed by atoms with van der Waals surface area (Å²) in [5.74, 6) is 0.994. The molecule has 0 aliphatic carbocycles. The number of ether oxygens (including phenoxy) is 3. The second-order valence-electron chi connectivity index (χ2n) is 10.7. The van der Waals surface area contributed by atoms with E-state index in [0.717, 1.165) is 49.2 Å². The number of benzene rings is 3. The zero-order valence-electron chi connectivity index (χ0n) is 24.9. The van der Waals surface area contributed by atoms with Crippen molar-refractivity contribution in [2.24, 2.45) is 0 Å². The Morgan fingerprint density at radius 2 is 1.70 bits per heavy atom. The van der Waals surface area contributed by atoms with Gasteiger partial charge in [-0.15, -0.1) is 0 Å². The van der Waals surface area contributed by atoms with Crippen LogP contribution in [0.5, 0.6) is 11.5 Å². The van der Waals surface area contributed by atoms with Gasteiger partial charge in [-0.1, -0.05) is 29.5 Å². The number of sulfonamides is 1. The van der Waals surface area contributed by atoms with Crippen LogP contribution in [0.4, 0.5) is 10.8 Å². The second-order valence-corrected chi connectivity index (χ2v) is 13.6. The maximum atomic E-state index is 14.1. The number of thiazole rings is 1. The topological polar surface area (TPSA) is 102 Å². The standard InChI is InChI=1S/C32H36N4O6S2/c1-40-27-14-15-28(41-2)30-29(27)33-32(43-30)35(17-6-16-34-19-21-42-22-20-34)31(37)24-10-12-25(13-11-24)44(38,39)36-18-5-8-23-7-3-4-9-26(23)36/h3-4,7,9-15H,5-6,8,16-22H2,1-2H3. The summed E-state index contributed by atoms with van der Waals surface area (Å²) in [6, 6.07) is 17.5. The molecule has 1 aromatic heterocycles. The Kier molecular flexibility index (Phi) is 9.03. The molecule has 1 amide bonds. The van der Waals surface area contributed by atoms with E-state index in [4.69, 9.17) is 19.2 Å². The number of aryl methyl sites for hydroxylation is 1. The Labute approximate surface area is 261 Å². The van der Waals surface area contributed by atoms with Crippen LogP contribution in [-0.4, -0.2) is 84.4 Å². The number of fused-ring (bicyclic) bond motifs is 2. The Bertz CT molecular complexity index is 1690. The molecule has 2 aliphatic rings. The molecule has 3 heterocycles. The highest BCUT2D eigenvalue weighted by Gasteiger charge is 2.30. The van der Waals surface area contributed by atoms with Gasteiger partial charge in [-0.2, -0.15) is 0 Å². The van der Waals surface area contributed by atoms with Gasteiger partial charge in [0, 0.05) is 38.3 Å². The number of aromatic nitrogens is 1. The fraction of sp³-hybridized carbons (Fsp3) is 0.375. The van der Waals surface area contributed by atoms with E-state index >= 15 is 0 Å². The molecule has 1 saturated heterocycles. The van der Waals surface area contributed by atoms with Crippen LogP contribution in [0.1, 0.15) is 28.8 Å². The number of morpholine rings is 1. The van der Waals surface area contributed by atoms with E-state index in [1.54, 1.807) is 37.3 Å². The lowest BCUT2D eigenvalue weighted by Gasteiger charge is -2.30. The number of methoxy groups -OCH3 is 2. The number of nitrogens with zero attached hydrogens (tertiary/aromatic N) is 4. The third-order valence-electron chi connectivity index (χ3n) is 8.09. The van der Waals surface area contributed by atoms with Gasteiger partial charge in [0.25, 0.3) is 15.9 Å². The molecular weight excluding hydrogens is 601 g/mol. The third kappa shape index (κ3) is 5.99. The maximum Gasteiger partial charge on any atom is 0.264 e. The van der Waals surface area contributed by atoms with Gasteiger partial charge >= 0.3 is 0 Å². The molecule has 0 bridgehead atoms. The molecule has 3 aromatic carbocycles. The van der Waals surface area contributed by atoms with E-state index in [2.05, 4.69) is 4.90 Å². The average Bonchev–Trinajstić information content (AvgIpc) is 3.51. The first-order chi connectivity index (χ1) is 21.4. The number of hydrogen-bond acceptors (Lipinski definition) is 9. The summed E-state index contributed by atoms with van der Waals surface area (Å²) in [5, 5.41) is 0.524. The largest absolute Gasteiger partial charge is 0.495 e. The van der Waals surface area contributed by atoms with Crippen LogP contribution >= 0.6 is 11.3 Å². The molecule has 12 heteroatoms. The number of amides is 1. The van der Waals surface area contributed by atoms with Crippen LogP contribution in [0.3, 0.4) is 0 Å². The van der Waals surface area contributed by atoms with Crippen molar-refractivity contribution in [2.45, 2.75) is 24.2 Å². The minimum atomic E-state index is -3.80. The van der Waals surface area contributed by atoms with E-state index in [-0.39, 0.29) is 10.8 Å². The number of carbonyl (C=O) groups excluding carboxylic acids is 1. The van der Waals surface area contributed by atoms with Crippen molar-refractivity contribution < 1.29 is 27.4 Å². The highest BCUT2D eigenvalue weighted by atomic mass is 32.2. The van der Waals surface area contributed by atoms with E-state index in [1.807, 2.05) is 30.3 Å². The third-order valence-corrected chi connectivity index (χ3v) is 11.0. The van der Waals surface area contributed by atoms with Gasteiger partial charge < -0.3 is 14.2 Å². The molecule has 0 N–H and O–H groups in total. The quantitative estimate of drug-likeness (QED) is 0.244. The summed E-state index contributed by atoms with van der Waals surface area (Å²) in [5.41, 5.74) is 2.74. The lowest BCUT2D eigenvalue weighted by atomic mass is 10.0. The molecule has 2 aliphatic heterocycles. The van der Waals surface area contributed by atoms with Crippen LogP contribution in [-0.2, 0) is 21.2 Å². The molecule has 10 nitrogen and oxygen atoms in total.